The highest BCUT2D eigenvalue weighted by atomic mass is 35.5. The maximum Gasteiger partial charge on any atom is 0.165 e. The molecule has 0 amide bonds. The number of para-hydroxylation sites is 2. The third-order valence-electron chi connectivity index (χ3n) is 4.94. The van der Waals surface area contributed by atoms with E-state index in [4.69, 9.17) is 0 Å². The van der Waals surface area contributed by atoms with Crippen LogP contribution in [-0.4, -0.2) is 29.5 Å². The van der Waals surface area contributed by atoms with Crippen LogP contribution < -0.4 is 5.32 Å². The smallest absolute Gasteiger partial charge is 0.165 e. The van der Waals surface area contributed by atoms with Crippen molar-refractivity contribution < 1.29 is 0 Å². The Labute approximate surface area is 168 Å². The van der Waals surface area contributed by atoms with Gasteiger partial charge in [0.2, 0.25) is 0 Å². The first-order chi connectivity index (χ1) is 12.4. The number of hydrogen-bond donors (Lipinski definition) is 2. The van der Waals surface area contributed by atoms with Crippen molar-refractivity contribution in [1.29, 1.82) is 0 Å². The van der Waals surface area contributed by atoms with Crippen LogP contribution in [0, 0.1) is 0 Å². The summed E-state index contributed by atoms with van der Waals surface area (Å²) in [5, 5.41) is 3.35. The summed E-state index contributed by atoms with van der Waals surface area (Å²) in [5.41, 5.74) is 3.75. The Morgan fingerprint density at radius 1 is 1.07 bits per heavy atom. The van der Waals surface area contributed by atoms with E-state index in [-0.39, 0.29) is 24.8 Å². The average molecular weight is 406 g/mol. The number of H-pyrrole nitrogens is 1. The van der Waals surface area contributed by atoms with Crippen molar-refractivity contribution in [3.63, 3.8) is 0 Å². The number of rotatable bonds is 4. The van der Waals surface area contributed by atoms with Crippen molar-refractivity contribution in [3.8, 4) is 0 Å². The van der Waals surface area contributed by atoms with Crippen molar-refractivity contribution in [1.82, 2.24) is 29.5 Å². The zero-order valence-electron chi connectivity index (χ0n) is 14.6. The zero-order chi connectivity index (χ0) is 16.6. The van der Waals surface area contributed by atoms with E-state index in [1.54, 1.807) is 6.33 Å². The zero-order valence-corrected chi connectivity index (χ0v) is 16.3. The van der Waals surface area contributed by atoms with E-state index in [2.05, 4.69) is 34.8 Å². The van der Waals surface area contributed by atoms with Gasteiger partial charge < -0.3 is 14.9 Å². The molecule has 3 aromatic heterocycles. The summed E-state index contributed by atoms with van der Waals surface area (Å²) in [6, 6.07) is 8.54. The molecule has 2 N–H and O–H groups in total. The summed E-state index contributed by atoms with van der Waals surface area (Å²) in [5.74, 6) is 1.63. The quantitative estimate of drug-likeness (QED) is 0.529. The van der Waals surface area contributed by atoms with E-state index in [0.29, 0.717) is 12.6 Å². The Morgan fingerprint density at radius 3 is 2.70 bits per heavy atom. The van der Waals surface area contributed by atoms with Gasteiger partial charge in [-0.25, -0.2) is 19.9 Å². The third-order valence-corrected chi connectivity index (χ3v) is 4.94. The van der Waals surface area contributed by atoms with Crippen LogP contribution in [-0.2, 0) is 6.54 Å². The highest BCUT2D eigenvalue weighted by molar-refractivity contribution is 5.85. The number of benzene rings is 1. The first-order valence-electron chi connectivity index (χ1n) is 8.73. The average Bonchev–Trinajstić information content (AvgIpc) is 3.37. The summed E-state index contributed by atoms with van der Waals surface area (Å²) in [6.45, 7) is 0.567. The van der Waals surface area contributed by atoms with Crippen molar-refractivity contribution in [2.45, 2.75) is 38.3 Å². The molecule has 0 unspecified atom stereocenters. The molecule has 0 saturated heterocycles. The molecule has 0 aliphatic heterocycles. The molecule has 142 valence electrons. The van der Waals surface area contributed by atoms with Crippen LogP contribution in [0.3, 0.4) is 0 Å². The van der Waals surface area contributed by atoms with Crippen LogP contribution in [0.5, 0.6) is 0 Å². The molecule has 7 nitrogen and oxygen atoms in total. The second-order valence-corrected chi connectivity index (χ2v) is 6.54. The van der Waals surface area contributed by atoms with Gasteiger partial charge in [0, 0.05) is 6.04 Å². The van der Waals surface area contributed by atoms with Crippen molar-refractivity contribution >= 4 is 52.8 Å². The van der Waals surface area contributed by atoms with Crippen LogP contribution in [0.25, 0.3) is 22.2 Å². The predicted molar refractivity (Wildman–Crippen MR) is 111 cm³/mol. The summed E-state index contributed by atoms with van der Waals surface area (Å²) in [6.07, 6.45) is 8.49. The number of hydrogen-bond acceptors (Lipinski definition) is 5. The Bertz CT molecular complexity index is 1000. The molecule has 1 aliphatic rings. The molecule has 9 heteroatoms. The lowest BCUT2D eigenvalue weighted by Gasteiger charge is -2.11. The number of anilines is 1. The van der Waals surface area contributed by atoms with Gasteiger partial charge in [0.05, 0.1) is 23.9 Å². The summed E-state index contributed by atoms with van der Waals surface area (Å²) in [4.78, 5) is 21.3. The van der Waals surface area contributed by atoms with Gasteiger partial charge in [-0.2, -0.15) is 0 Å². The fraction of sp³-hybridized carbons (Fsp3) is 0.333. The van der Waals surface area contributed by atoms with Crippen LogP contribution in [0.4, 0.5) is 5.82 Å². The number of aromatic nitrogens is 6. The highest BCUT2D eigenvalue weighted by Crippen LogP contribution is 2.32. The Balaban J connectivity index is 0.00000105. The van der Waals surface area contributed by atoms with Gasteiger partial charge in [-0.1, -0.05) is 25.0 Å². The van der Waals surface area contributed by atoms with E-state index < -0.39 is 0 Å². The lowest BCUT2D eigenvalue weighted by atomic mass is 10.2. The molecule has 1 fully saturated rings. The molecule has 0 radical (unpaired) electrons. The maximum atomic E-state index is 4.59. The fourth-order valence-corrected chi connectivity index (χ4v) is 3.69. The molecule has 3 heterocycles. The fourth-order valence-electron chi connectivity index (χ4n) is 3.69. The second kappa shape index (κ2) is 8.10. The van der Waals surface area contributed by atoms with Crippen LogP contribution in [0.2, 0.25) is 0 Å². The van der Waals surface area contributed by atoms with Gasteiger partial charge in [-0.15, -0.1) is 24.8 Å². The van der Waals surface area contributed by atoms with Gasteiger partial charge in [0.25, 0.3) is 0 Å². The first-order valence-corrected chi connectivity index (χ1v) is 8.73. The third kappa shape index (κ3) is 3.57. The summed E-state index contributed by atoms with van der Waals surface area (Å²) < 4.78 is 2.20. The lowest BCUT2D eigenvalue weighted by molar-refractivity contribution is 0.529. The van der Waals surface area contributed by atoms with Gasteiger partial charge >= 0.3 is 0 Å². The molecule has 0 atom stereocenters. The number of nitrogens with zero attached hydrogens (tertiary/aromatic N) is 5. The largest absolute Gasteiger partial charge is 0.361 e. The monoisotopic (exact) mass is 405 g/mol. The number of halogens is 2. The molecule has 4 aromatic rings. The van der Waals surface area contributed by atoms with Crippen molar-refractivity contribution in [2.24, 2.45) is 0 Å². The van der Waals surface area contributed by atoms with E-state index in [1.807, 2.05) is 30.6 Å². The molecule has 0 bridgehead atoms. The normalized spacial score (nSPS) is 14.2. The van der Waals surface area contributed by atoms with Gasteiger partial charge in [0.15, 0.2) is 11.5 Å². The lowest BCUT2D eigenvalue weighted by Crippen LogP contribution is -2.06. The SMILES string of the molecule is Cl.Cl.c1ccc2[nH]c(CNc3ncnc4c3ncn4C3CCCC3)nc2c1. The molecule has 5 rings (SSSR count). The standard InChI is InChI=1S/C18H19N7.2ClH/c1-2-6-12(5-1)25-11-22-16-17(20-10-21-18(16)25)19-9-15-23-13-7-3-4-8-14(13)24-15;;/h3-4,7-8,10-12H,1-2,5-6,9H2,(H,23,24)(H,19,20,21);2*1H. The van der Waals surface area contributed by atoms with E-state index in [9.17, 15) is 0 Å². The van der Waals surface area contributed by atoms with Crippen LogP contribution in [0.1, 0.15) is 37.5 Å². The van der Waals surface area contributed by atoms with Crippen LogP contribution >= 0.6 is 24.8 Å². The molecule has 27 heavy (non-hydrogen) atoms. The Kier molecular flexibility index (Phi) is 5.82. The van der Waals surface area contributed by atoms with Crippen LogP contribution in [0.15, 0.2) is 36.9 Å². The maximum absolute atomic E-state index is 4.59. The molecule has 1 aliphatic carbocycles. The summed E-state index contributed by atoms with van der Waals surface area (Å²) in [7, 11) is 0. The van der Waals surface area contributed by atoms with Crippen molar-refractivity contribution in [3.05, 3.63) is 42.7 Å². The predicted octanol–water partition coefficient (Wildman–Crippen LogP) is 4.27. The number of fused-ring (bicyclic) bond motifs is 2. The minimum Gasteiger partial charge on any atom is -0.361 e. The van der Waals surface area contributed by atoms with Crippen molar-refractivity contribution in [2.75, 3.05) is 5.32 Å². The van der Waals surface area contributed by atoms with Gasteiger partial charge in [-0.3, -0.25) is 0 Å². The minimum absolute atomic E-state index is 0. The first kappa shape index (κ1) is 19.4. The highest BCUT2D eigenvalue weighted by Gasteiger charge is 2.20. The van der Waals surface area contributed by atoms with E-state index in [0.717, 1.165) is 33.8 Å². The topological polar surface area (TPSA) is 84.3 Å². The Morgan fingerprint density at radius 2 is 1.89 bits per heavy atom. The molecule has 1 aromatic carbocycles. The molecule has 0 spiro atoms. The minimum atomic E-state index is 0. The second-order valence-electron chi connectivity index (χ2n) is 6.54. The van der Waals surface area contributed by atoms with E-state index in [1.165, 1.54) is 25.7 Å². The number of nitrogens with one attached hydrogen (secondary N) is 2. The molecular weight excluding hydrogens is 385 g/mol. The van der Waals surface area contributed by atoms with Gasteiger partial charge in [-0.05, 0) is 25.0 Å². The number of aromatic amines is 1. The molecular formula is C18H21Cl2N7. The molecule has 1 saturated carbocycles. The number of imidazole rings is 2. The Hall–Kier alpha value is -2.38. The van der Waals surface area contributed by atoms with E-state index >= 15 is 0 Å². The summed E-state index contributed by atoms with van der Waals surface area (Å²) >= 11 is 0. The van der Waals surface area contributed by atoms with Gasteiger partial charge in [0.1, 0.15) is 17.7 Å².